The van der Waals surface area contributed by atoms with Crippen LogP contribution >= 0.6 is 0 Å². The molecule has 0 saturated carbocycles. The van der Waals surface area contributed by atoms with Crippen LogP contribution in [0, 0.1) is 0 Å². The number of rotatable bonds is 6. The lowest BCUT2D eigenvalue weighted by atomic mass is 10.4. The Morgan fingerprint density at radius 2 is 1.57 bits per heavy atom. The Balaban J connectivity index is 3.81. The summed E-state index contributed by atoms with van der Waals surface area (Å²) in [4.78, 5) is 30.8. The van der Waals surface area contributed by atoms with Gasteiger partial charge in [0.2, 0.25) is 0 Å². The van der Waals surface area contributed by atoms with Crippen LogP contribution in [0.1, 0.15) is 13.8 Å². The first-order chi connectivity index (χ1) is 6.56. The van der Waals surface area contributed by atoms with Gasteiger partial charge in [-0.1, -0.05) is 0 Å². The van der Waals surface area contributed by atoms with Crippen LogP contribution < -0.4 is 0 Å². The second-order valence-electron chi connectivity index (χ2n) is 2.46. The number of hydrogen-bond donors (Lipinski definition) is 0. The van der Waals surface area contributed by atoms with Gasteiger partial charge in [-0.05, 0) is 0 Å². The van der Waals surface area contributed by atoms with Crippen LogP contribution in [0.15, 0.2) is 0 Å². The molecule has 0 radical (unpaired) electrons. The fourth-order valence-corrected chi connectivity index (χ4v) is 0.626. The zero-order valence-corrected chi connectivity index (χ0v) is 8.02. The van der Waals surface area contributed by atoms with Crippen LogP contribution in [-0.2, 0) is 28.6 Å². The molecule has 14 heavy (non-hydrogen) atoms. The first-order valence-electron chi connectivity index (χ1n) is 3.92. The zero-order valence-electron chi connectivity index (χ0n) is 8.02. The maximum atomic E-state index is 10.4. The van der Waals surface area contributed by atoms with E-state index >= 15 is 0 Å². The van der Waals surface area contributed by atoms with E-state index in [4.69, 9.17) is 0 Å². The average Bonchev–Trinajstić information content (AvgIpc) is 2.09. The van der Waals surface area contributed by atoms with Crippen molar-refractivity contribution < 1.29 is 28.6 Å². The molecule has 0 heterocycles. The predicted octanol–water partition coefficient (Wildman–Crippen LogP) is -0.346. The molecule has 0 atom stereocenters. The predicted molar refractivity (Wildman–Crippen MR) is 44.2 cm³/mol. The number of ether oxygens (including phenoxy) is 3. The van der Waals surface area contributed by atoms with Gasteiger partial charge in [0, 0.05) is 13.8 Å². The maximum Gasteiger partial charge on any atom is 0.302 e. The Morgan fingerprint density at radius 3 is 1.86 bits per heavy atom. The lowest BCUT2D eigenvalue weighted by Gasteiger charge is -2.13. The second kappa shape index (κ2) is 6.88. The van der Waals surface area contributed by atoms with Gasteiger partial charge in [0.05, 0.1) is 0 Å². The van der Waals surface area contributed by atoms with Gasteiger partial charge in [-0.15, -0.1) is 0 Å². The topological polar surface area (TPSA) is 78.9 Å². The highest BCUT2D eigenvalue weighted by atomic mass is 16.6. The summed E-state index contributed by atoms with van der Waals surface area (Å²) in [6.45, 7) is 2.41. The number of carbonyl (C=O) groups is 3. The highest BCUT2D eigenvalue weighted by molar-refractivity contribution is 5.66. The molecule has 6 heteroatoms. The van der Waals surface area contributed by atoms with Crippen molar-refractivity contribution >= 4 is 18.4 Å². The van der Waals surface area contributed by atoms with Crippen molar-refractivity contribution in [1.29, 1.82) is 0 Å². The first kappa shape index (κ1) is 12.4. The quantitative estimate of drug-likeness (QED) is 0.334. The fraction of sp³-hybridized carbons (Fsp3) is 0.625. The van der Waals surface area contributed by atoms with Crippen LogP contribution in [0.5, 0.6) is 0 Å². The third-order valence-electron chi connectivity index (χ3n) is 1.19. The molecular formula is C8H12O6. The Labute approximate surface area is 81.1 Å². The van der Waals surface area contributed by atoms with Gasteiger partial charge in [0.25, 0.3) is 6.47 Å². The molecule has 0 aromatic heterocycles. The van der Waals surface area contributed by atoms with Crippen LogP contribution in [0.2, 0.25) is 0 Å². The van der Waals surface area contributed by atoms with Crippen molar-refractivity contribution in [3.8, 4) is 0 Å². The standard InChI is InChI=1S/C8H12O6/c1-6(10)12-3-8(14-5-9)4-13-7(2)11/h5,8H,3-4H2,1-2H3. The zero-order chi connectivity index (χ0) is 11.0. The molecule has 0 bridgehead atoms. The van der Waals surface area contributed by atoms with E-state index in [9.17, 15) is 14.4 Å². The van der Waals surface area contributed by atoms with Crippen molar-refractivity contribution in [2.75, 3.05) is 13.2 Å². The van der Waals surface area contributed by atoms with Crippen LogP contribution in [-0.4, -0.2) is 37.7 Å². The summed E-state index contributed by atoms with van der Waals surface area (Å²) in [5.41, 5.74) is 0. The molecule has 0 aliphatic heterocycles. The molecule has 0 N–H and O–H groups in total. The van der Waals surface area contributed by atoms with Crippen molar-refractivity contribution in [3.63, 3.8) is 0 Å². The molecule has 0 rings (SSSR count). The summed E-state index contributed by atoms with van der Waals surface area (Å²) in [5, 5.41) is 0. The van der Waals surface area contributed by atoms with Gasteiger partial charge in [-0.2, -0.15) is 0 Å². The summed E-state index contributed by atoms with van der Waals surface area (Å²) in [7, 11) is 0. The summed E-state index contributed by atoms with van der Waals surface area (Å²) in [6, 6.07) is 0. The third kappa shape index (κ3) is 7.08. The van der Waals surface area contributed by atoms with Crippen LogP contribution in [0.4, 0.5) is 0 Å². The molecule has 0 aliphatic rings. The largest absolute Gasteiger partial charge is 0.462 e. The van der Waals surface area contributed by atoms with E-state index in [1.807, 2.05) is 0 Å². The number of esters is 2. The molecule has 0 unspecified atom stereocenters. The molecule has 0 saturated heterocycles. The summed E-state index contributed by atoms with van der Waals surface area (Å²) >= 11 is 0. The second-order valence-corrected chi connectivity index (χ2v) is 2.46. The lowest BCUT2D eigenvalue weighted by molar-refractivity contribution is -0.157. The van der Waals surface area contributed by atoms with Gasteiger partial charge in [-0.3, -0.25) is 14.4 Å². The summed E-state index contributed by atoms with van der Waals surface area (Å²) in [6.07, 6.45) is -0.750. The van der Waals surface area contributed by atoms with E-state index in [0.717, 1.165) is 0 Å². The smallest absolute Gasteiger partial charge is 0.302 e. The third-order valence-corrected chi connectivity index (χ3v) is 1.19. The van der Waals surface area contributed by atoms with Crippen molar-refractivity contribution in [2.45, 2.75) is 20.0 Å². The van der Waals surface area contributed by atoms with Crippen molar-refractivity contribution in [3.05, 3.63) is 0 Å². The highest BCUT2D eigenvalue weighted by Gasteiger charge is 2.12. The number of carbonyl (C=O) groups excluding carboxylic acids is 3. The molecule has 0 aliphatic carbocycles. The van der Waals surface area contributed by atoms with Gasteiger partial charge < -0.3 is 14.2 Å². The Morgan fingerprint density at radius 1 is 1.14 bits per heavy atom. The summed E-state index contributed by atoms with van der Waals surface area (Å²) in [5.74, 6) is -0.986. The number of hydrogen-bond acceptors (Lipinski definition) is 6. The Kier molecular flexibility index (Phi) is 6.09. The van der Waals surface area contributed by atoms with Gasteiger partial charge in [0.1, 0.15) is 13.2 Å². The van der Waals surface area contributed by atoms with Gasteiger partial charge in [0.15, 0.2) is 6.10 Å². The minimum absolute atomic E-state index is 0.124. The monoisotopic (exact) mass is 204 g/mol. The SMILES string of the molecule is CC(=O)OCC(COC(C)=O)OC=O. The fourth-order valence-electron chi connectivity index (χ4n) is 0.626. The molecule has 0 spiro atoms. The molecule has 0 fully saturated rings. The van der Waals surface area contributed by atoms with Crippen LogP contribution in [0.25, 0.3) is 0 Å². The highest BCUT2D eigenvalue weighted by Crippen LogP contribution is 1.94. The van der Waals surface area contributed by atoms with E-state index in [0.29, 0.717) is 0 Å². The molecule has 0 aromatic rings. The minimum atomic E-state index is -0.750. The van der Waals surface area contributed by atoms with Crippen molar-refractivity contribution in [2.24, 2.45) is 0 Å². The maximum absolute atomic E-state index is 10.4. The summed E-state index contributed by atoms with van der Waals surface area (Å²) < 4.78 is 13.7. The van der Waals surface area contributed by atoms with Gasteiger partial charge >= 0.3 is 11.9 Å². The van der Waals surface area contributed by atoms with E-state index < -0.39 is 18.0 Å². The normalized spacial score (nSPS) is 9.36. The van der Waals surface area contributed by atoms with E-state index in [1.54, 1.807) is 0 Å². The molecule has 80 valence electrons. The Hall–Kier alpha value is -1.59. The molecule has 0 aromatic carbocycles. The van der Waals surface area contributed by atoms with E-state index in [-0.39, 0.29) is 19.7 Å². The first-order valence-corrected chi connectivity index (χ1v) is 3.92. The molecule has 6 nitrogen and oxygen atoms in total. The van der Waals surface area contributed by atoms with Crippen LogP contribution in [0.3, 0.4) is 0 Å². The van der Waals surface area contributed by atoms with Crippen molar-refractivity contribution in [1.82, 2.24) is 0 Å². The lowest BCUT2D eigenvalue weighted by Crippen LogP contribution is -2.27. The minimum Gasteiger partial charge on any atom is -0.462 e. The van der Waals surface area contributed by atoms with E-state index in [2.05, 4.69) is 14.2 Å². The Bertz CT molecular complexity index is 194. The molecular weight excluding hydrogens is 192 g/mol. The van der Waals surface area contributed by atoms with E-state index in [1.165, 1.54) is 13.8 Å². The average molecular weight is 204 g/mol. The van der Waals surface area contributed by atoms with Gasteiger partial charge in [-0.25, -0.2) is 0 Å². The molecule has 0 amide bonds.